The van der Waals surface area contributed by atoms with Crippen LogP contribution in [-0.4, -0.2) is 60.0 Å². The fourth-order valence-corrected chi connectivity index (χ4v) is 2.93. The van der Waals surface area contributed by atoms with Crippen LogP contribution in [0.5, 0.6) is 0 Å². The normalized spacial score (nSPS) is 20.6. The van der Waals surface area contributed by atoms with E-state index in [1.165, 1.54) is 9.80 Å². The summed E-state index contributed by atoms with van der Waals surface area (Å²) < 4.78 is 0. The molecule has 0 bridgehead atoms. The van der Waals surface area contributed by atoms with Crippen molar-refractivity contribution in [3.8, 4) is 0 Å². The zero-order chi connectivity index (χ0) is 18.1. The van der Waals surface area contributed by atoms with Crippen molar-refractivity contribution in [2.24, 2.45) is 0 Å². The monoisotopic (exact) mass is 344 g/mol. The minimum absolute atomic E-state index is 0.0764. The molecule has 0 radical (unpaired) electrons. The molecule has 1 heterocycles. The molecule has 1 aromatic rings. The number of likely N-dealkylation sites (N-methyl/N-ethyl adjacent to an activating group) is 1. The quantitative estimate of drug-likeness (QED) is 0.790. The Morgan fingerprint density at radius 3 is 2.48 bits per heavy atom. The molecular weight excluding hydrogens is 320 g/mol. The number of nitrogens with one attached hydrogen (secondary N) is 1. The smallest absolute Gasteiger partial charge is 0.333 e. The number of carbonyl (C=O) groups excluding carboxylic acids is 3. The van der Waals surface area contributed by atoms with Crippen LogP contribution in [0.2, 0.25) is 0 Å². The van der Waals surface area contributed by atoms with E-state index in [4.69, 9.17) is 0 Å². The SMILES string of the molecule is Cc1ccc(N2C(=O)N(CN(C)CC(=O)NC3CC3)C(=O)[C@@H]2C)cc1. The van der Waals surface area contributed by atoms with Crippen molar-refractivity contribution < 1.29 is 14.4 Å². The average molecular weight is 344 g/mol. The van der Waals surface area contributed by atoms with Crippen LogP contribution in [0.1, 0.15) is 25.3 Å². The topological polar surface area (TPSA) is 73.0 Å². The van der Waals surface area contributed by atoms with Crippen LogP contribution in [0.4, 0.5) is 10.5 Å². The number of rotatable bonds is 6. The van der Waals surface area contributed by atoms with Gasteiger partial charge in [-0.2, -0.15) is 0 Å². The first kappa shape index (κ1) is 17.4. The van der Waals surface area contributed by atoms with Crippen molar-refractivity contribution in [3.05, 3.63) is 29.8 Å². The highest BCUT2D eigenvalue weighted by Crippen LogP contribution is 2.26. The molecular formula is C18H24N4O3. The van der Waals surface area contributed by atoms with Crippen molar-refractivity contribution in [1.82, 2.24) is 15.1 Å². The van der Waals surface area contributed by atoms with Gasteiger partial charge in [-0.15, -0.1) is 0 Å². The Labute approximate surface area is 147 Å². The summed E-state index contributed by atoms with van der Waals surface area (Å²) in [7, 11) is 1.73. The highest BCUT2D eigenvalue weighted by molar-refractivity contribution is 6.14. The summed E-state index contributed by atoms with van der Waals surface area (Å²) >= 11 is 0. The maximum Gasteiger partial charge on any atom is 0.333 e. The van der Waals surface area contributed by atoms with Gasteiger partial charge in [0.1, 0.15) is 6.04 Å². The molecule has 134 valence electrons. The Hall–Kier alpha value is -2.41. The molecule has 4 amide bonds. The van der Waals surface area contributed by atoms with E-state index in [0.717, 1.165) is 18.4 Å². The lowest BCUT2D eigenvalue weighted by atomic mass is 10.2. The van der Waals surface area contributed by atoms with Crippen LogP contribution in [-0.2, 0) is 9.59 Å². The molecule has 1 aromatic carbocycles. The number of anilines is 1. The van der Waals surface area contributed by atoms with Crippen LogP contribution < -0.4 is 10.2 Å². The minimum Gasteiger partial charge on any atom is -0.352 e. The zero-order valence-electron chi connectivity index (χ0n) is 14.9. The van der Waals surface area contributed by atoms with Crippen molar-refractivity contribution in [1.29, 1.82) is 0 Å². The minimum atomic E-state index is -0.552. The van der Waals surface area contributed by atoms with Crippen LogP contribution >= 0.6 is 0 Å². The molecule has 2 fully saturated rings. The maximum absolute atomic E-state index is 12.7. The van der Waals surface area contributed by atoms with E-state index in [1.54, 1.807) is 18.9 Å². The molecule has 0 aromatic heterocycles. The fraction of sp³-hybridized carbons (Fsp3) is 0.500. The lowest BCUT2D eigenvalue weighted by Crippen LogP contribution is -2.44. The lowest BCUT2D eigenvalue weighted by Gasteiger charge is -2.23. The summed E-state index contributed by atoms with van der Waals surface area (Å²) in [6, 6.07) is 6.90. The Bertz CT molecular complexity index is 684. The number of carbonyl (C=O) groups is 3. The Balaban J connectivity index is 1.65. The highest BCUT2D eigenvalue weighted by atomic mass is 16.2. The molecule has 2 aliphatic rings. The highest BCUT2D eigenvalue weighted by Gasteiger charge is 2.43. The van der Waals surface area contributed by atoms with E-state index in [2.05, 4.69) is 5.32 Å². The second-order valence-electron chi connectivity index (χ2n) is 6.93. The van der Waals surface area contributed by atoms with E-state index in [9.17, 15) is 14.4 Å². The van der Waals surface area contributed by atoms with Gasteiger partial charge < -0.3 is 5.32 Å². The average Bonchev–Trinajstić information content (AvgIpc) is 3.34. The molecule has 7 heteroatoms. The molecule has 1 atom stereocenters. The first-order valence-corrected chi connectivity index (χ1v) is 8.56. The summed E-state index contributed by atoms with van der Waals surface area (Å²) in [6.07, 6.45) is 2.06. The number of nitrogens with zero attached hydrogens (tertiary/aromatic N) is 3. The third kappa shape index (κ3) is 3.82. The van der Waals surface area contributed by atoms with Gasteiger partial charge in [0.2, 0.25) is 5.91 Å². The number of imide groups is 1. The summed E-state index contributed by atoms with van der Waals surface area (Å²) in [6.45, 7) is 3.95. The Morgan fingerprint density at radius 1 is 1.24 bits per heavy atom. The van der Waals surface area contributed by atoms with E-state index in [-0.39, 0.29) is 31.1 Å². The lowest BCUT2D eigenvalue weighted by molar-refractivity contribution is -0.130. The van der Waals surface area contributed by atoms with Gasteiger partial charge in [-0.1, -0.05) is 17.7 Å². The van der Waals surface area contributed by atoms with Crippen LogP contribution in [0.3, 0.4) is 0 Å². The molecule has 1 saturated heterocycles. The maximum atomic E-state index is 12.7. The molecule has 0 spiro atoms. The standard InChI is InChI=1S/C18H24N4O3/c1-12-4-8-15(9-5-12)22-13(2)17(24)21(18(22)25)11-20(3)10-16(23)19-14-6-7-14/h4-5,8-9,13-14H,6-7,10-11H2,1-3H3,(H,19,23)/t13-/m0/s1. The first-order valence-electron chi connectivity index (χ1n) is 8.56. The van der Waals surface area contributed by atoms with Crippen LogP contribution in [0.15, 0.2) is 24.3 Å². The molecule has 1 aliphatic heterocycles. The van der Waals surface area contributed by atoms with Gasteiger partial charge in [0.25, 0.3) is 5.91 Å². The Morgan fingerprint density at radius 2 is 1.88 bits per heavy atom. The largest absolute Gasteiger partial charge is 0.352 e. The number of amides is 4. The molecule has 3 rings (SSSR count). The predicted octanol–water partition coefficient (Wildman–Crippen LogP) is 1.32. The molecule has 0 unspecified atom stereocenters. The van der Waals surface area contributed by atoms with Gasteiger partial charge in [0.05, 0.1) is 13.2 Å². The van der Waals surface area contributed by atoms with Gasteiger partial charge in [-0.3, -0.25) is 19.4 Å². The number of aryl methyl sites for hydroxylation is 1. The van der Waals surface area contributed by atoms with Crippen LogP contribution in [0.25, 0.3) is 0 Å². The van der Waals surface area contributed by atoms with Crippen molar-refractivity contribution in [3.63, 3.8) is 0 Å². The third-order valence-electron chi connectivity index (χ3n) is 4.50. The van der Waals surface area contributed by atoms with Crippen molar-refractivity contribution in [2.45, 2.75) is 38.8 Å². The van der Waals surface area contributed by atoms with E-state index in [1.807, 2.05) is 31.2 Å². The molecule has 1 saturated carbocycles. The summed E-state index contributed by atoms with van der Waals surface area (Å²) in [5, 5.41) is 2.90. The molecule has 25 heavy (non-hydrogen) atoms. The molecule has 1 aliphatic carbocycles. The number of benzene rings is 1. The zero-order valence-corrected chi connectivity index (χ0v) is 14.9. The first-order chi connectivity index (χ1) is 11.9. The van der Waals surface area contributed by atoms with E-state index in [0.29, 0.717) is 11.7 Å². The van der Waals surface area contributed by atoms with Crippen molar-refractivity contribution in [2.75, 3.05) is 25.2 Å². The third-order valence-corrected chi connectivity index (χ3v) is 4.50. The number of urea groups is 1. The van der Waals surface area contributed by atoms with Gasteiger partial charge in [-0.05, 0) is 45.9 Å². The van der Waals surface area contributed by atoms with Gasteiger partial charge in [-0.25, -0.2) is 9.69 Å². The Kier molecular flexibility index (Phi) is 4.76. The fourth-order valence-electron chi connectivity index (χ4n) is 2.93. The number of hydrogen-bond acceptors (Lipinski definition) is 4. The summed E-state index contributed by atoms with van der Waals surface area (Å²) in [5.74, 6) is -0.326. The van der Waals surface area contributed by atoms with Gasteiger partial charge >= 0.3 is 6.03 Å². The number of hydrogen-bond donors (Lipinski definition) is 1. The van der Waals surface area contributed by atoms with Crippen LogP contribution in [0, 0.1) is 6.92 Å². The summed E-state index contributed by atoms with van der Waals surface area (Å²) in [5.41, 5.74) is 1.79. The van der Waals surface area contributed by atoms with E-state index < -0.39 is 6.04 Å². The summed E-state index contributed by atoms with van der Waals surface area (Å²) in [4.78, 5) is 41.5. The second-order valence-corrected chi connectivity index (χ2v) is 6.93. The molecule has 7 nitrogen and oxygen atoms in total. The van der Waals surface area contributed by atoms with Gasteiger partial charge in [0, 0.05) is 11.7 Å². The van der Waals surface area contributed by atoms with Crippen molar-refractivity contribution >= 4 is 23.5 Å². The van der Waals surface area contributed by atoms with Gasteiger partial charge in [0.15, 0.2) is 0 Å². The predicted molar refractivity (Wildman–Crippen MR) is 94.0 cm³/mol. The molecule has 1 N–H and O–H groups in total. The second kappa shape index (κ2) is 6.84. The van der Waals surface area contributed by atoms with E-state index >= 15 is 0 Å².